The van der Waals surface area contributed by atoms with E-state index in [0.717, 1.165) is 40.2 Å². The first kappa shape index (κ1) is 14.7. The van der Waals surface area contributed by atoms with Crippen molar-refractivity contribution in [3.8, 4) is 0 Å². The van der Waals surface area contributed by atoms with Gasteiger partial charge in [0.25, 0.3) is 0 Å². The molecule has 0 unspecified atom stereocenters. The molecule has 22 heavy (non-hydrogen) atoms. The maximum atomic E-state index is 9.51. The Balaban J connectivity index is 2.28. The lowest BCUT2D eigenvalue weighted by Gasteiger charge is -2.11. The molecule has 0 radical (unpaired) electrons. The molecule has 0 aromatic carbocycles. The minimum absolute atomic E-state index is 0.430. The second kappa shape index (κ2) is 5.53. The molecule has 0 amide bonds. The van der Waals surface area contributed by atoms with Crippen molar-refractivity contribution >= 4 is 22.5 Å². The zero-order valence-corrected chi connectivity index (χ0v) is 13.4. The van der Waals surface area contributed by atoms with Gasteiger partial charge in [0.2, 0.25) is 0 Å². The highest BCUT2D eigenvalue weighted by atomic mass is 16.3. The van der Waals surface area contributed by atoms with Crippen LogP contribution >= 0.6 is 0 Å². The van der Waals surface area contributed by atoms with Gasteiger partial charge in [-0.2, -0.15) is 4.52 Å². The quantitative estimate of drug-likeness (QED) is 0.773. The number of pyridine rings is 1. The molecule has 0 bridgehead atoms. The topological polar surface area (TPSA) is 75.3 Å². The smallest absolute Gasteiger partial charge is 0.184 e. The van der Waals surface area contributed by atoms with Crippen molar-refractivity contribution in [2.24, 2.45) is 0 Å². The van der Waals surface area contributed by atoms with E-state index in [-0.39, 0.29) is 0 Å². The zero-order valence-electron chi connectivity index (χ0n) is 13.4. The molecule has 0 saturated carbocycles. The maximum Gasteiger partial charge on any atom is 0.184 e. The third-order valence-electron chi connectivity index (χ3n) is 3.67. The second-order valence-electron chi connectivity index (χ2n) is 5.73. The first-order chi connectivity index (χ1) is 10.5. The molecule has 3 rings (SSSR count). The van der Waals surface area contributed by atoms with E-state index in [1.165, 1.54) is 0 Å². The van der Waals surface area contributed by atoms with Crippen LogP contribution in [-0.2, 0) is 6.42 Å². The molecular formula is C16H21N5O. The SMILES string of the molecule is CCc1cc(NC[C@H](C)O)n2nc3nc(C)cc(C)c3c2n1. The lowest BCUT2D eigenvalue weighted by atomic mass is 10.2. The van der Waals surface area contributed by atoms with Crippen LogP contribution in [0.15, 0.2) is 12.1 Å². The molecule has 0 spiro atoms. The van der Waals surface area contributed by atoms with Crippen molar-refractivity contribution < 1.29 is 5.11 Å². The number of fused-ring (bicyclic) bond motifs is 3. The minimum atomic E-state index is -0.430. The Labute approximate surface area is 129 Å². The Bertz CT molecular complexity index is 838. The van der Waals surface area contributed by atoms with Crippen LogP contribution in [-0.4, -0.2) is 37.3 Å². The normalized spacial score (nSPS) is 13.0. The number of hydrogen-bond acceptors (Lipinski definition) is 5. The summed E-state index contributed by atoms with van der Waals surface area (Å²) in [7, 11) is 0. The molecule has 116 valence electrons. The molecule has 6 heteroatoms. The highest BCUT2D eigenvalue weighted by Crippen LogP contribution is 2.24. The number of aromatic nitrogens is 4. The second-order valence-corrected chi connectivity index (χ2v) is 5.73. The summed E-state index contributed by atoms with van der Waals surface area (Å²) in [4.78, 5) is 9.23. The van der Waals surface area contributed by atoms with E-state index in [4.69, 9.17) is 4.98 Å². The van der Waals surface area contributed by atoms with E-state index in [0.29, 0.717) is 12.2 Å². The Morgan fingerprint density at radius 2 is 2.05 bits per heavy atom. The van der Waals surface area contributed by atoms with Gasteiger partial charge in [0.1, 0.15) is 5.82 Å². The van der Waals surface area contributed by atoms with Crippen molar-refractivity contribution in [1.29, 1.82) is 0 Å². The minimum Gasteiger partial charge on any atom is -0.392 e. The van der Waals surface area contributed by atoms with E-state index in [1.54, 1.807) is 11.4 Å². The predicted molar refractivity (Wildman–Crippen MR) is 87.3 cm³/mol. The molecule has 1 atom stereocenters. The van der Waals surface area contributed by atoms with Gasteiger partial charge in [-0.05, 0) is 38.8 Å². The van der Waals surface area contributed by atoms with Crippen molar-refractivity contribution in [1.82, 2.24) is 19.6 Å². The molecule has 3 aromatic rings. The van der Waals surface area contributed by atoms with Crippen molar-refractivity contribution in [2.45, 2.75) is 40.2 Å². The van der Waals surface area contributed by atoms with Gasteiger partial charge >= 0.3 is 0 Å². The van der Waals surface area contributed by atoms with Gasteiger partial charge in [-0.15, -0.1) is 5.10 Å². The Morgan fingerprint density at radius 3 is 2.73 bits per heavy atom. The molecule has 0 saturated heterocycles. The molecule has 0 fully saturated rings. The van der Waals surface area contributed by atoms with E-state index >= 15 is 0 Å². The first-order valence-corrected chi connectivity index (χ1v) is 7.58. The number of aryl methyl sites for hydroxylation is 3. The molecule has 3 aromatic heterocycles. The van der Waals surface area contributed by atoms with E-state index in [9.17, 15) is 5.11 Å². The van der Waals surface area contributed by atoms with Gasteiger partial charge < -0.3 is 10.4 Å². The third kappa shape index (κ3) is 2.50. The average molecular weight is 299 g/mol. The number of hydrogen-bond donors (Lipinski definition) is 2. The van der Waals surface area contributed by atoms with Crippen LogP contribution in [0, 0.1) is 13.8 Å². The van der Waals surface area contributed by atoms with Crippen LogP contribution in [0.2, 0.25) is 0 Å². The number of aliphatic hydroxyl groups excluding tert-OH is 1. The van der Waals surface area contributed by atoms with Gasteiger partial charge in [-0.25, -0.2) is 9.97 Å². The summed E-state index contributed by atoms with van der Waals surface area (Å²) >= 11 is 0. The largest absolute Gasteiger partial charge is 0.392 e. The van der Waals surface area contributed by atoms with Gasteiger partial charge in [0.05, 0.1) is 11.5 Å². The van der Waals surface area contributed by atoms with Crippen LogP contribution in [0.25, 0.3) is 16.7 Å². The lowest BCUT2D eigenvalue weighted by molar-refractivity contribution is 0.208. The lowest BCUT2D eigenvalue weighted by Crippen LogP contribution is -2.17. The van der Waals surface area contributed by atoms with Gasteiger partial charge in [-0.3, -0.25) is 0 Å². The number of anilines is 1. The Hall–Kier alpha value is -2.21. The van der Waals surface area contributed by atoms with Gasteiger partial charge in [-0.1, -0.05) is 6.92 Å². The van der Waals surface area contributed by atoms with Gasteiger partial charge in [0.15, 0.2) is 11.3 Å². The van der Waals surface area contributed by atoms with E-state index in [2.05, 4.69) is 29.2 Å². The van der Waals surface area contributed by atoms with Crippen molar-refractivity contribution in [2.75, 3.05) is 11.9 Å². The standard InChI is InChI=1S/C16H21N5O/c1-5-12-7-13(17-8-11(4)22)21-16(19-12)14-9(2)6-10(3)18-15(14)20-21/h6-7,11,17,22H,5,8H2,1-4H3/t11-/m0/s1. The summed E-state index contributed by atoms with van der Waals surface area (Å²) in [5, 5.41) is 18.3. The Kier molecular flexibility index (Phi) is 3.70. The molecule has 6 nitrogen and oxygen atoms in total. The van der Waals surface area contributed by atoms with Crippen molar-refractivity contribution in [3.05, 3.63) is 29.1 Å². The Morgan fingerprint density at radius 1 is 1.27 bits per heavy atom. The molecule has 0 aliphatic heterocycles. The molecule has 0 aliphatic rings. The van der Waals surface area contributed by atoms with Gasteiger partial charge in [0, 0.05) is 24.0 Å². The van der Waals surface area contributed by atoms with E-state index < -0.39 is 6.10 Å². The fourth-order valence-electron chi connectivity index (χ4n) is 2.63. The zero-order chi connectivity index (χ0) is 15.9. The summed E-state index contributed by atoms with van der Waals surface area (Å²) in [5.41, 5.74) is 4.58. The van der Waals surface area contributed by atoms with Crippen LogP contribution in [0.5, 0.6) is 0 Å². The van der Waals surface area contributed by atoms with Crippen LogP contribution < -0.4 is 5.32 Å². The first-order valence-electron chi connectivity index (χ1n) is 7.58. The van der Waals surface area contributed by atoms with E-state index in [1.807, 2.05) is 19.1 Å². The predicted octanol–water partition coefficient (Wildman–Crippen LogP) is 2.25. The van der Waals surface area contributed by atoms with Crippen LogP contribution in [0.3, 0.4) is 0 Å². The number of nitrogens with zero attached hydrogens (tertiary/aromatic N) is 4. The van der Waals surface area contributed by atoms with Crippen LogP contribution in [0.1, 0.15) is 30.8 Å². The summed E-state index contributed by atoms with van der Waals surface area (Å²) in [6.45, 7) is 8.31. The summed E-state index contributed by atoms with van der Waals surface area (Å²) in [5.74, 6) is 0.831. The summed E-state index contributed by atoms with van der Waals surface area (Å²) in [6.07, 6.45) is 0.408. The van der Waals surface area contributed by atoms with Crippen molar-refractivity contribution in [3.63, 3.8) is 0 Å². The third-order valence-corrected chi connectivity index (χ3v) is 3.67. The molecule has 2 N–H and O–H groups in total. The molecule has 0 aliphatic carbocycles. The number of nitrogens with one attached hydrogen (secondary N) is 1. The number of aliphatic hydroxyl groups is 1. The summed E-state index contributed by atoms with van der Waals surface area (Å²) in [6, 6.07) is 4.02. The fraction of sp³-hybridized carbons (Fsp3) is 0.438. The molecular weight excluding hydrogens is 278 g/mol. The van der Waals surface area contributed by atoms with Crippen LogP contribution in [0.4, 0.5) is 5.82 Å². The highest BCUT2D eigenvalue weighted by Gasteiger charge is 2.15. The fourth-order valence-corrected chi connectivity index (χ4v) is 2.63. The average Bonchev–Trinajstić information content (AvgIpc) is 2.82. The number of rotatable bonds is 4. The summed E-state index contributed by atoms with van der Waals surface area (Å²) < 4.78 is 1.78. The maximum absolute atomic E-state index is 9.51. The molecule has 3 heterocycles. The highest BCUT2D eigenvalue weighted by molar-refractivity contribution is 5.93. The monoisotopic (exact) mass is 299 g/mol.